The summed E-state index contributed by atoms with van der Waals surface area (Å²) < 4.78 is 8.30. The third-order valence-corrected chi connectivity index (χ3v) is 5.90. The fourth-order valence-corrected chi connectivity index (χ4v) is 4.44. The van der Waals surface area contributed by atoms with Crippen molar-refractivity contribution in [3.63, 3.8) is 0 Å². The number of thioether (sulfide) groups is 1. The fourth-order valence-electron chi connectivity index (χ4n) is 2.68. The van der Waals surface area contributed by atoms with Crippen molar-refractivity contribution in [2.75, 3.05) is 37.8 Å². The van der Waals surface area contributed by atoms with Crippen LogP contribution in [0.4, 0.5) is 0 Å². The summed E-state index contributed by atoms with van der Waals surface area (Å²) in [4.78, 5) is 31.0. The number of ether oxygens (including phenoxy) is 1. The van der Waals surface area contributed by atoms with Crippen LogP contribution in [0.15, 0.2) is 41.9 Å². The molecule has 0 radical (unpaired) electrons. The van der Waals surface area contributed by atoms with Crippen LogP contribution in [0.1, 0.15) is 0 Å². The maximum Gasteiger partial charge on any atom is 0.258 e. The van der Waals surface area contributed by atoms with Crippen LogP contribution < -0.4 is 4.80 Å². The van der Waals surface area contributed by atoms with Gasteiger partial charge >= 0.3 is 0 Å². The predicted octanol–water partition coefficient (Wildman–Crippen LogP) is 1.91. The topological polar surface area (TPSA) is 63.9 Å². The van der Waals surface area contributed by atoms with Crippen LogP contribution in [-0.2, 0) is 20.9 Å². The molecule has 0 atom stereocenters. The van der Waals surface area contributed by atoms with E-state index in [1.165, 1.54) is 23.1 Å². The highest BCUT2D eigenvalue weighted by Crippen LogP contribution is 2.16. The Bertz CT molecular complexity index is 866. The molecule has 138 valence electrons. The number of carbonyl (C=O) groups is 2. The largest absolute Gasteiger partial charge is 0.378 e. The molecule has 1 aliphatic rings. The fraction of sp³-hybridized carbons (Fsp3) is 0.389. The van der Waals surface area contributed by atoms with Gasteiger partial charge in [-0.3, -0.25) is 9.59 Å². The number of rotatable bonds is 6. The van der Waals surface area contributed by atoms with E-state index in [0.717, 1.165) is 10.2 Å². The number of carbonyl (C=O) groups excluding carboxylic acids is 2. The Morgan fingerprint density at radius 1 is 1.27 bits per heavy atom. The summed E-state index contributed by atoms with van der Waals surface area (Å²) in [6.07, 6.45) is 1.79. The summed E-state index contributed by atoms with van der Waals surface area (Å²) in [5, 5.41) is 0. The summed E-state index contributed by atoms with van der Waals surface area (Å²) in [6, 6.07) is 7.95. The zero-order valence-corrected chi connectivity index (χ0v) is 16.1. The molecule has 0 N–H and O–H groups in total. The summed E-state index contributed by atoms with van der Waals surface area (Å²) in [7, 11) is 0. The smallest absolute Gasteiger partial charge is 0.258 e. The van der Waals surface area contributed by atoms with Crippen LogP contribution in [0.5, 0.6) is 0 Å². The highest BCUT2D eigenvalue weighted by molar-refractivity contribution is 8.00. The Morgan fingerprint density at radius 3 is 2.81 bits per heavy atom. The molecule has 3 rings (SSSR count). The molecule has 0 aliphatic carbocycles. The van der Waals surface area contributed by atoms with Crippen molar-refractivity contribution in [3.8, 4) is 0 Å². The molecule has 1 aromatic heterocycles. The first-order valence-electron chi connectivity index (χ1n) is 8.39. The van der Waals surface area contributed by atoms with E-state index in [1.54, 1.807) is 11.0 Å². The van der Waals surface area contributed by atoms with Gasteiger partial charge in [-0.2, -0.15) is 4.99 Å². The molecule has 0 unspecified atom stereocenters. The van der Waals surface area contributed by atoms with Crippen LogP contribution in [0.3, 0.4) is 0 Å². The van der Waals surface area contributed by atoms with Crippen molar-refractivity contribution < 1.29 is 14.3 Å². The second-order valence-electron chi connectivity index (χ2n) is 5.74. The van der Waals surface area contributed by atoms with Gasteiger partial charge in [0.05, 0.1) is 34.9 Å². The zero-order valence-electron chi connectivity index (χ0n) is 14.4. The number of fused-ring (bicyclic) bond motifs is 1. The summed E-state index contributed by atoms with van der Waals surface area (Å²) in [5.41, 5.74) is 1.04. The highest BCUT2D eigenvalue weighted by atomic mass is 32.2. The molecule has 0 bridgehead atoms. The number of hydrogen-bond donors (Lipinski definition) is 0. The number of allylic oxidation sites excluding steroid dienone is 1. The molecule has 2 aromatic rings. The monoisotopic (exact) mass is 391 g/mol. The minimum absolute atomic E-state index is 0.0506. The lowest BCUT2D eigenvalue weighted by atomic mass is 10.3. The van der Waals surface area contributed by atoms with Crippen molar-refractivity contribution in [2.45, 2.75) is 6.54 Å². The Hall–Kier alpha value is -1.90. The van der Waals surface area contributed by atoms with Crippen molar-refractivity contribution in [3.05, 3.63) is 41.7 Å². The molecule has 1 saturated heterocycles. The Balaban J connectivity index is 1.63. The summed E-state index contributed by atoms with van der Waals surface area (Å²) >= 11 is 2.79. The highest BCUT2D eigenvalue weighted by Gasteiger charge is 2.17. The first kappa shape index (κ1) is 18.9. The van der Waals surface area contributed by atoms with Crippen molar-refractivity contribution in [1.82, 2.24) is 9.47 Å². The molecular formula is C18H21N3O3S2. The number of morpholine rings is 1. The Labute approximate surface area is 160 Å². The van der Waals surface area contributed by atoms with E-state index in [0.29, 0.717) is 43.4 Å². The van der Waals surface area contributed by atoms with Gasteiger partial charge in [-0.15, -0.1) is 18.3 Å². The number of aromatic nitrogens is 1. The minimum atomic E-state index is -0.228. The van der Waals surface area contributed by atoms with Gasteiger partial charge in [0, 0.05) is 19.6 Å². The standard InChI is InChI=1S/C18H21N3O3S2/c1-2-7-21-14-5-3-4-6-15(14)26-18(21)19-16(22)12-25-13-17(23)20-8-10-24-11-9-20/h2-6H,1,7-13H2. The molecule has 1 fully saturated rings. The quantitative estimate of drug-likeness (QED) is 0.706. The molecule has 8 heteroatoms. The normalized spacial score (nSPS) is 15.4. The van der Waals surface area contributed by atoms with E-state index in [-0.39, 0.29) is 17.6 Å². The third kappa shape index (κ3) is 4.63. The second-order valence-corrected chi connectivity index (χ2v) is 7.74. The van der Waals surface area contributed by atoms with Gasteiger partial charge in [0.1, 0.15) is 0 Å². The number of nitrogens with zero attached hydrogens (tertiary/aromatic N) is 3. The first-order valence-corrected chi connectivity index (χ1v) is 10.4. The molecule has 26 heavy (non-hydrogen) atoms. The van der Waals surface area contributed by atoms with E-state index in [9.17, 15) is 9.59 Å². The van der Waals surface area contributed by atoms with Crippen molar-refractivity contribution in [2.24, 2.45) is 4.99 Å². The van der Waals surface area contributed by atoms with Crippen LogP contribution in [0, 0.1) is 0 Å². The summed E-state index contributed by atoms with van der Waals surface area (Å²) in [5.74, 6) is 0.308. The molecule has 2 heterocycles. The maximum atomic E-state index is 12.2. The third-order valence-electron chi connectivity index (χ3n) is 3.94. The van der Waals surface area contributed by atoms with Crippen LogP contribution >= 0.6 is 23.1 Å². The average Bonchev–Trinajstić information content (AvgIpc) is 3.00. The Kier molecular flexibility index (Phi) is 6.65. The van der Waals surface area contributed by atoms with Crippen molar-refractivity contribution >= 4 is 45.1 Å². The first-order chi connectivity index (χ1) is 12.7. The number of thiazole rings is 1. The molecule has 1 aliphatic heterocycles. The second kappa shape index (κ2) is 9.16. The van der Waals surface area contributed by atoms with Gasteiger partial charge in [-0.25, -0.2) is 0 Å². The molecular weight excluding hydrogens is 370 g/mol. The van der Waals surface area contributed by atoms with Gasteiger partial charge in [-0.1, -0.05) is 29.5 Å². The van der Waals surface area contributed by atoms with Crippen molar-refractivity contribution in [1.29, 1.82) is 0 Å². The van der Waals surface area contributed by atoms with E-state index in [4.69, 9.17) is 4.74 Å². The molecule has 2 amide bonds. The maximum absolute atomic E-state index is 12.2. The zero-order chi connectivity index (χ0) is 18.4. The number of para-hydroxylation sites is 1. The van der Waals surface area contributed by atoms with Gasteiger partial charge < -0.3 is 14.2 Å². The lowest BCUT2D eigenvalue weighted by Crippen LogP contribution is -2.41. The van der Waals surface area contributed by atoms with Gasteiger partial charge in [-0.05, 0) is 12.1 Å². The van der Waals surface area contributed by atoms with E-state index in [1.807, 2.05) is 28.8 Å². The Morgan fingerprint density at radius 2 is 2.04 bits per heavy atom. The molecule has 0 spiro atoms. The minimum Gasteiger partial charge on any atom is -0.378 e. The average molecular weight is 392 g/mol. The number of benzene rings is 1. The predicted molar refractivity (Wildman–Crippen MR) is 105 cm³/mol. The number of hydrogen-bond acceptors (Lipinski definition) is 5. The summed E-state index contributed by atoms with van der Waals surface area (Å²) in [6.45, 7) is 6.79. The lowest BCUT2D eigenvalue weighted by Gasteiger charge is -2.26. The lowest BCUT2D eigenvalue weighted by molar-refractivity contribution is -0.132. The molecule has 1 aromatic carbocycles. The van der Waals surface area contributed by atoms with E-state index < -0.39 is 0 Å². The van der Waals surface area contributed by atoms with Gasteiger partial charge in [0.2, 0.25) is 5.91 Å². The molecule has 0 saturated carbocycles. The molecule has 6 nitrogen and oxygen atoms in total. The van der Waals surface area contributed by atoms with Crippen LogP contribution in [0.2, 0.25) is 0 Å². The van der Waals surface area contributed by atoms with Gasteiger partial charge in [0.25, 0.3) is 5.91 Å². The van der Waals surface area contributed by atoms with Crippen LogP contribution in [-0.4, -0.2) is 59.1 Å². The van der Waals surface area contributed by atoms with Gasteiger partial charge in [0.15, 0.2) is 4.80 Å². The van der Waals surface area contributed by atoms with Crippen LogP contribution in [0.25, 0.3) is 10.2 Å². The van der Waals surface area contributed by atoms with E-state index >= 15 is 0 Å². The number of amides is 2. The van der Waals surface area contributed by atoms with E-state index in [2.05, 4.69) is 11.6 Å². The SMILES string of the molecule is C=CCn1c(=NC(=O)CSCC(=O)N2CCOCC2)sc2ccccc21.